The average molecular weight is 322 g/mol. The fraction of sp³-hybridized carbons (Fsp3) is 0.667. The van der Waals surface area contributed by atoms with Gasteiger partial charge < -0.3 is 24.4 Å². The van der Waals surface area contributed by atoms with Gasteiger partial charge in [-0.05, 0) is 12.8 Å². The first-order chi connectivity index (χ1) is 11.3. The first kappa shape index (κ1) is 15.9. The first-order valence-electron chi connectivity index (χ1n) is 8.00. The Morgan fingerprint density at radius 3 is 3.00 bits per heavy atom. The van der Waals surface area contributed by atoms with Gasteiger partial charge in [-0.2, -0.15) is 0 Å². The van der Waals surface area contributed by atoms with E-state index in [1.54, 1.807) is 0 Å². The largest absolute Gasteiger partial charge is 0.476 e. The highest BCUT2D eigenvalue weighted by Gasteiger charge is 2.22. The minimum atomic E-state index is -0.304. The lowest BCUT2D eigenvalue weighted by molar-refractivity contribution is -0.130. The van der Waals surface area contributed by atoms with Crippen molar-refractivity contribution in [2.45, 2.75) is 18.9 Å². The molecule has 3 heterocycles. The average Bonchev–Trinajstić information content (AvgIpc) is 3.14. The number of amides is 1. The molecule has 0 radical (unpaired) electrons. The molecule has 23 heavy (non-hydrogen) atoms. The Morgan fingerprint density at radius 1 is 1.35 bits per heavy atom. The van der Waals surface area contributed by atoms with Gasteiger partial charge in [0.15, 0.2) is 0 Å². The molecule has 2 aliphatic heterocycles. The maximum atomic E-state index is 11.8. The predicted octanol–water partition coefficient (Wildman–Crippen LogP) is -0.0128. The van der Waals surface area contributed by atoms with Crippen LogP contribution in [-0.4, -0.2) is 68.0 Å². The molecule has 1 atom stereocenters. The Balaban J connectivity index is 1.42. The molecule has 0 saturated carbocycles. The van der Waals surface area contributed by atoms with Crippen molar-refractivity contribution >= 4 is 11.7 Å². The fourth-order valence-electron chi connectivity index (χ4n) is 2.60. The molecule has 0 bridgehead atoms. The van der Waals surface area contributed by atoms with Crippen LogP contribution in [0, 0.1) is 0 Å². The van der Waals surface area contributed by atoms with Crippen LogP contribution in [0.25, 0.3) is 0 Å². The second kappa shape index (κ2) is 8.07. The van der Waals surface area contributed by atoms with Gasteiger partial charge in [-0.3, -0.25) is 4.79 Å². The fourth-order valence-corrected chi connectivity index (χ4v) is 2.60. The molecular formula is C15H22N4O4. The van der Waals surface area contributed by atoms with Crippen molar-refractivity contribution in [3.63, 3.8) is 0 Å². The normalized spacial score (nSPS) is 21.2. The van der Waals surface area contributed by atoms with Crippen LogP contribution in [-0.2, 0) is 14.3 Å². The molecule has 1 N–H and O–H groups in total. The van der Waals surface area contributed by atoms with Gasteiger partial charge in [0.05, 0.1) is 19.8 Å². The van der Waals surface area contributed by atoms with Gasteiger partial charge in [0.2, 0.25) is 11.8 Å². The van der Waals surface area contributed by atoms with E-state index in [2.05, 4.69) is 20.2 Å². The minimum absolute atomic E-state index is 0.0669. The number of carbonyl (C=O) groups is 1. The number of nitrogens with zero attached hydrogens (tertiary/aromatic N) is 3. The molecular weight excluding hydrogens is 300 g/mol. The summed E-state index contributed by atoms with van der Waals surface area (Å²) in [5.74, 6) is 1.28. The van der Waals surface area contributed by atoms with E-state index in [1.807, 2.05) is 6.07 Å². The molecule has 0 aromatic carbocycles. The summed E-state index contributed by atoms with van der Waals surface area (Å²) in [7, 11) is 0. The van der Waals surface area contributed by atoms with Crippen LogP contribution in [0.4, 0.5) is 5.82 Å². The standard InChI is InChI=1S/C15H22N4O4/c20-15(12-2-1-6-22-12)16-3-7-23-14-10-13(17-11-18-14)19-4-8-21-9-5-19/h10-12H,1-9H2,(H,16,20)/t12-/m0/s1. The second-order valence-electron chi connectivity index (χ2n) is 5.46. The lowest BCUT2D eigenvalue weighted by Crippen LogP contribution is -2.37. The van der Waals surface area contributed by atoms with Crippen LogP contribution in [0.2, 0.25) is 0 Å². The molecule has 2 saturated heterocycles. The van der Waals surface area contributed by atoms with Crippen molar-refractivity contribution in [1.29, 1.82) is 0 Å². The van der Waals surface area contributed by atoms with E-state index in [-0.39, 0.29) is 12.0 Å². The van der Waals surface area contributed by atoms with Gasteiger partial charge in [0, 0.05) is 25.8 Å². The maximum absolute atomic E-state index is 11.8. The Labute approximate surface area is 135 Å². The molecule has 8 nitrogen and oxygen atoms in total. The van der Waals surface area contributed by atoms with E-state index in [0.717, 1.165) is 31.7 Å². The van der Waals surface area contributed by atoms with Gasteiger partial charge in [0.1, 0.15) is 24.9 Å². The number of ether oxygens (including phenoxy) is 3. The molecule has 2 aliphatic rings. The summed E-state index contributed by atoms with van der Waals surface area (Å²) in [5.41, 5.74) is 0. The summed E-state index contributed by atoms with van der Waals surface area (Å²) in [5, 5.41) is 2.81. The molecule has 0 unspecified atom stereocenters. The quantitative estimate of drug-likeness (QED) is 0.737. The summed E-state index contributed by atoms with van der Waals surface area (Å²) < 4.78 is 16.2. The zero-order valence-corrected chi connectivity index (χ0v) is 13.1. The predicted molar refractivity (Wildman–Crippen MR) is 82.5 cm³/mol. The number of morpholine rings is 1. The maximum Gasteiger partial charge on any atom is 0.249 e. The molecule has 1 aromatic heterocycles. The highest BCUT2D eigenvalue weighted by Crippen LogP contribution is 2.16. The Kier molecular flexibility index (Phi) is 5.60. The summed E-state index contributed by atoms with van der Waals surface area (Å²) in [6, 6.07) is 1.81. The molecule has 2 fully saturated rings. The molecule has 126 valence electrons. The smallest absolute Gasteiger partial charge is 0.249 e. The first-order valence-corrected chi connectivity index (χ1v) is 8.00. The zero-order chi connectivity index (χ0) is 15.9. The van der Waals surface area contributed by atoms with Crippen LogP contribution in [0.3, 0.4) is 0 Å². The molecule has 0 aliphatic carbocycles. The highest BCUT2D eigenvalue weighted by atomic mass is 16.5. The number of aromatic nitrogens is 2. The molecule has 3 rings (SSSR count). The third kappa shape index (κ3) is 4.52. The Bertz CT molecular complexity index is 516. The molecule has 0 spiro atoms. The Hall–Kier alpha value is -1.93. The van der Waals surface area contributed by atoms with Gasteiger partial charge in [0.25, 0.3) is 0 Å². The number of carbonyl (C=O) groups excluding carboxylic acids is 1. The van der Waals surface area contributed by atoms with E-state index in [0.29, 0.717) is 38.9 Å². The lowest BCUT2D eigenvalue weighted by Gasteiger charge is -2.27. The van der Waals surface area contributed by atoms with Gasteiger partial charge in [-0.1, -0.05) is 0 Å². The molecule has 8 heteroatoms. The van der Waals surface area contributed by atoms with Crippen LogP contribution < -0.4 is 15.0 Å². The number of hydrogen-bond acceptors (Lipinski definition) is 7. The van der Waals surface area contributed by atoms with Crippen molar-refractivity contribution in [2.24, 2.45) is 0 Å². The van der Waals surface area contributed by atoms with E-state index in [9.17, 15) is 4.79 Å². The topological polar surface area (TPSA) is 85.8 Å². The number of rotatable bonds is 6. The van der Waals surface area contributed by atoms with Crippen LogP contribution in [0.1, 0.15) is 12.8 Å². The SMILES string of the molecule is O=C(NCCOc1cc(N2CCOCC2)ncn1)[C@@H]1CCCO1. The van der Waals surface area contributed by atoms with Crippen molar-refractivity contribution in [2.75, 3.05) is 51.0 Å². The van der Waals surface area contributed by atoms with E-state index < -0.39 is 0 Å². The van der Waals surface area contributed by atoms with Crippen molar-refractivity contribution in [1.82, 2.24) is 15.3 Å². The summed E-state index contributed by atoms with van der Waals surface area (Å²) >= 11 is 0. The summed E-state index contributed by atoms with van der Waals surface area (Å²) in [6.07, 6.45) is 2.92. The van der Waals surface area contributed by atoms with Gasteiger partial charge >= 0.3 is 0 Å². The van der Waals surface area contributed by atoms with E-state index >= 15 is 0 Å². The number of nitrogens with one attached hydrogen (secondary N) is 1. The lowest BCUT2D eigenvalue weighted by atomic mass is 10.2. The van der Waals surface area contributed by atoms with Crippen LogP contribution in [0.15, 0.2) is 12.4 Å². The Morgan fingerprint density at radius 2 is 2.22 bits per heavy atom. The van der Waals surface area contributed by atoms with Crippen molar-refractivity contribution < 1.29 is 19.0 Å². The monoisotopic (exact) mass is 322 g/mol. The van der Waals surface area contributed by atoms with Gasteiger partial charge in [-0.15, -0.1) is 0 Å². The summed E-state index contributed by atoms with van der Waals surface area (Å²) in [6.45, 7) is 4.49. The van der Waals surface area contributed by atoms with Crippen molar-refractivity contribution in [3.8, 4) is 5.88 Å². The molecule has 1 amide bonds. The van der Waals surface area contributed by atoms with Crippen LogP contribution in [0.5, 0.6) is 5.88 Å². The third-order valence-corrected chi connectivity index (χ3v) is 3.84. The number of anilines is 1. The third-order valence-electron chi connectivity index (χ3n) is 3.84. The second-order valence-corrected chi connectivity index (χ2v) is 5.46. The molecule has 1 aromatic rings. The minimum Gasteiger partial charge on any atom is -0.476 e. The highest BCUT2D eigenvalue weighted by molar-refractivity contribution is 5.80. The van der Waals surface area contributed by atoms with Gasteiger partial charge in [-0.25, -0.2) is 9.97 Å². The zero-order valence-electron chi connectivity index (χ0n) is 13.1. The van der Waals surface area contributed by atoms with Crippen LogP contribution >= 0.6 is 0 Å². The number of hydrogen-bond donors (Lipinski definition) is 1. The summed E-state index contributed by atoms with van der Waals surface area (Å²) in [4.78, 5) is 22.3. The van der Waals surface area contributed by atoms with Crippen molar-refractivity contribution in [3.05, 3.63) is 12.4 Å². The van der Waals surface area contributed by atoms with E-state index in [4.69, 9.17) is 14.2 Å². The van der Waals surface area contributed by atoms with E-state index in [1.165, 1.54) is 6.33 Å².